The Morgan fingerprint density at radius 1 is 1.06 bits per heavy atom. The van der Waals surface area contributed by atoms with Crippen LogP contribution in [0, 0.1) is 0 Å². The third-order valence-corrected chi connectivity index (χ3v) is 7.09. The number of rotatable bonds is 7. The van der Waals surface area contributed by atoms with Gasteiger partial charge in [0.2, 0.25) is 17.7 Å². The molecule has 1 aliphatic heterocycles. The number of hydrogen-bond acceptors (Lipinski definition) is 5. The molecule has 0 saturated carbocycles. The summed E-state index contributed by atoms with van der Waals surface area (Å²) in [4.78, 5) is 41.4. The highest BCUT2D eigenvalue weighted by Crippen LogP contribution is 2.31. The Morgan fingerprint density at radius 2 is 1.86 bits per heavy atom. The van der Waals surface area contributed by atoms with E-state index >= 15 is 0 Å². The fourth-order valence-corrected chi connectivity index (χ4v) is 5.03. The standard InChI is InChI=1S/C27H34N4O4/c1-17(28-2)25(33)30-24(19-10-5-11-20(32)16-19)27(35)31-15-7-14-23(31)26(34)29-22-13-6-9-18-8-3-4-12-21(18)22/h3-5,8,10-12,16-17,22-24,28,32H,6-7,9,13-15H2,1-2H3,(H,29,34)(H,30,33)/t17-,22+,23-,24-/m0/s1. The van der Waals surface area contributed by atoms with Crippen molar-refractivity contribution in [2.75, 3.05) is 13.6 Å². The first-order valence-electron chi connectivity index (χ1n) is 12.3. The fraction of sp³-hybridized carbons (Fsp3) is 0.444. The number of fused-ring (bicyclic) bond motifs is 1. The molecule has 4 atom stereocenters. The second-order valence-corrected chi connectivity index (χ2v) is 9.39. The van der Waals surface area contributed by atoms with Crippen LogP contribution in [0.2, 0.25) is 0 Å². The summed E-state index contributed by atoms with van der Waals surface area (Å²) in [5.41, 5.74) is 2.88. The molecule has 4 N–H and O–H groups in total. The minimum absolute atomic E-state index is 0.00268. The summed E-state index contributed by atoms with van der Waals surface area (Å²) in [6.45, 7) is 2.14. The Kier molecular flexibility index (Phi) is 7.70. The first-order chi connectivity index (χ1) is 16.9. The number of likely N-dealkylation sites (tertiary alicyclic amines) is 1. The van der Waals surface area contributed by atoms with Gasteiger partial charge in [0, 0.05) is 6.54 Å². The quantitative estimate of drug-likeness (QED) is 0.488. The van der Waals surface area contributed by atoms with Crippen LogP contribution in [0.3, 0.4) is 0 Å². The highest BCUT2D eigenvalue weighted by atomic mass is 16.3. The summed E-state index contributed by atoms with van der Waals surface area (Å²) in [5.74, 6) is -0.854. The van der Waals surface area contributed by atoms with Crippen LogP contribution >= 0.6 is 0 Å². The number of likely N-dealkylation sites (N-methyl/N-ethyl adjacent to an activating group) is 1. The third-order valence-electron chi connectivity index (χ3n) is 7.09. The molecule has 1 fully saturated rings. The summed E-state index contributed by atoms with van der Waals surface area (Å²) < 4.78 is 0. The summed E-state index contributed by atoms with van der Waals surface area (Å²) in [7, 11) is 1.67. The number of aromatic hydroxyl groups is 1. The molecular weight excluding hydrogens is 444 g/mol. The minimum atomic E-state index is -1.01. The minimum Gasteiger partial charge on any atom is -0.508 e. The molecular formula is C27H34N4O4. The van der Waals surface area contributed by atoms with E-state index in [0.29, 0.717) is 24.9 Å². The maximum atomic E-state index is 13.7. The molecule has 0 spiro atoms. The summed E-state index contributed by atoms with van der Waals surface area (Å²) in [5, 5.41) is 18.9. The van der Waals surface area contributed by atoms with Crippen LogP contribution in [0.5, 0.6) is 5.75 Å². The SMILES string of the molecule is CN[C@@H](C)C(=O)N[C@H](C(=O)N1CCC[C@H]1C(=O)N[C@@H]1CCCc2ccccc21)c1cccc(O)c1. The molecule has 1 heterocycles. The highest BCUT2D eigenvalue weighted by molar-refractivity contribution is 5.94. The number of carbonyl (C=O) groups excluding carboxylic acids is 3. The van der Waals surface area contributed by atoms with E-state index in [4.69, 9.17) is 0 Å². The number of nitrogens with zero attached hydrogens (tertiary/aromatic N) is 1. The molecule has 186 valence electrons. The van der Waals surface area contributed by atoms with Crippen LogP contribution in [0.15, 0.2) is 48.5 Å². The van der Waals surface area contributed by atoms with Crippen LogP contribution < -0.4 is 16.0 Å². The second kappa shape index (κ2) is 10.9. The van der Waals surface area contributed by atoms with E-state index in [-0.39, 0.29) is 29.5 Å². The molecule has 1 aliphatic carbocycles. The number of phenolic OH excluding ortho intramolecular Hbond substituents is 1. The molecule has 8 heteroatoms. The van der Waals surface area contributed by atoms with Gasteiger partial charge in [0.1, 0.15) is 17.8 Å². The Labute approximate surface area is 206 Å². The first kappa shape index (κ1) is 24.7. The molecule has 2 aromatic rings. The van der Waals surface area contributed by atoms with Gasteiger partial charge in [0.05, 0.1) is 12.1 Å². The molecule has 2 aliphatic rings. The number of amides is 3. The molecule has 4 rings (SSSR count). The fourth-order valence-electron chi connectivity index (χ4n) is 5.03. The molecule has 1 saturated heterocycles. The van der Waals surface area contributed by atoms with Crippen LogP contribution in [0.4, 0.5) is 0 Å². The van der Waals surface area contributed by atoms with E-state index in [1.807, 2.05) is 12.1 Å². The van der Waals surface area contributed by atoms with Crippen molar-refractivity contribution in [3.63, 3.8) is 0 Å². The van der Waals surface area contributed by atoms with Crippen LogP contribution in [-0.4, -0.2) is 53.4 Å². The molecule has 8 nitrogen and oxygen atoms in total. The van der Waals surface area contributed by atoms with Crippen LogP contribution in [0.25, 0.3) is 0 Å². The zero-order valence-electron chi connectivity index (χ0n) is 20.3. The van der Waals surface area contributed by atoms with Crippen molar-refractivity contribution in [3.8, 4) is 5.75 Å². The summed E-state index contributed by atoms with van der Waals surface area (Å²) in [6, 6.07) is 12.3. The molecule has 0 unspecified atom stereocenters. The summed E-state index contributed by atoms with van der Waals surface area (Å²) >= 11 is 0. The van der Waals surface area contributed by atoms with Crippen molar-refractivity contribution in [2.24, 2.45) is 0 Å². The van der Waals surface area contributed by atoms with Gasteiger partial charge in [0.25, 0.3) is 0 Å². The molecule has 0 aromatic heterocycles. The largest absolute Gasteiger partial charge is 0.508 e. The predicted molar refractivity (Wildman–Crippen MR) is 133 cm³/mol. The van der Waals surface area contributed by atoms with Gasteiger partial charge in [-0.15, -0.1) is 0 Å². The highest BCUT2D eigenvalue weighted by Gasteiger charge is 2.39. The van der Waals surface area contributed by atoms with E-state index in [2.05, 4.69) is 28.1 Å². The lowest BCUT2D eigenvalue weighted by atomic mass is 9.87. The average molecular weight is 479 g/mol. The van der Waals surface area contributed by atoms with Gasteiger partial charge in [-0.25, -0.2) is 0 Å². The van der Waals surface area contributed by atoms with Gasteiger partial charge >= 0.3 is 0 Å². The van der Waals surface area contributed by atoms with Crippen molar-refractivity contribution in [1.82, 2.24) is 20.9 Å². The van der Waals surface area contributed by atoms with E-state index in [1.165, 1.54) is 17.7 Å². The lowest BCUT2D eigenvalue weighted by Crippen LogP contribution is -2.52. The number of hydrogen-bond donors (Lipinski definition) is 4. The molecule has 35 heavy (non-hydrogen) atoms. The lowest BCUT2D eigenvalue weighted by Gasteiger charge is -2.32. The van der Waals surface area contributed by atoms with Gasteiger partial charge < -0.3 is 26.0 Å². The van der Waals surface area contributed by atoms with Gasteiger partial charge in [0.15, 0.2) is 0 Å². The van der Waals surface area contributed by atoms with Crippen molar-refractivity contribution < 1.29 is 19.5 Å². The second-order valence-electron chi connectivity index (χ2n) is 9.39. The van der Waals surface area contributed by atoms with Crippen LogP contribution in [0.1, 0.15) is 61.4 Å². The topological polar surface area (TPSA) is 111 Å². The number of phenols is 1. The van der Waals surface area contributed by atoms with E-state index in [1.54, 1.807) is 31.0 Å². The Bertz CT molecular complexity index is 1090. The van der Waals surface area contributed by atoms with Crippen molar-refractivity contribution in [2.45, 2.75) is 63.2 Å². The number of nitrogens with one attached hydrogen (secondary N) is 3. The van der Waals surface area contributed by atoms with E-state index in [9.17, 15) is 19.5 Å². The Morgan fingerprint density at radius 3 is 2.63 bits per heavy atom. The number of aryl methyl sites for hydroxylation is 1. The zero-order valence-corrected chi connectivity index (χ0v) is 20.3. The van der Waals surface area contributed by atoms with E-state index in [0.717, 1.165) is 24.8 Å². The average Bonchev–Trinajstić information content (AvgIpc) is 3.37. The van der Waals surface area contributed by atoms with Crippen LogP contribution in [-0.2, 0) is 20.8 Å². The Hall–Kier alpha value is -3.39. The number of benzene rings is 2. The van der Waals surface area contributed by atoms with Gasteiger partial charge in [-0.3, -0.25) is 14.4 Å². The van der Waals surface area contributed by atoms with E-state index < -0.39 is 18.1 Å². The molecule has 0 radical (unpaired) electrons. The van der Waals surface area contributed by atoms with Gasteiger partial charge in [-0.1, -0.05) is 36.4 Å². The van der Waals surface area contributed by atoms with Crippen molar-refractivity contribution >= 4 is 17.7 Å². The smallest absolute Gasteiger partial charge is 0.250 e. The van der Waals surface area contributed by atoms with Crippen molar-refractivity contribution in [1.29, 1.82) is 0 Å². The number of carbonyl (C=O) groups is 3. The van der Waals surface area contributed by atoms with Gasteiger partial charge in [-0.05, 0) is 74.9 Å². The Balaban J connectivity index is 1.54. The lowest BCUT2D eigenvalue weighted by molar-refractivity contribution is -0.142. The zero-order chi connectivity index (χ0) is 24.9. The normalized spacial score (nSPS) is 21.0. The first-order valence-corrected chi connectivity index (χ1v) is 12.3. The van der Waals surface area contributed by atoms with Gasteiger partial charge in [-0.2, -0.15) is 0 Å². The molecule has 0 bridgehead atoms. The maximum absolute atomic E-state index is 13.7. The maximum Gasteiger partial charge on any atom is 0.250 e. The van der Waals surface area contributed by atoms with Crippen molar-refractivity contribution in [3.05, 3.63) is 65.2 Å². The predicted octanol–water partition coefficient (Wildman–Crippen LogP) is 2.34. The third kappa shape index (κ3) is 5.48. The monoisotopic (exact) mass is 478 g/mol. The molecule has 2 aromatic carbocycles. The molecule has 3 amide bonds. The summed E-state index contributed by atoms with van der Waals surface area (Å²) in [6.07, 6.45) is 4.16.